The standard InChI is InChI=1S/C13H16O6/c1-7-9(14)10(15)11(13(17)18-7)19-12(16)8-5-3-2-4-6-8/h2-7,9-11,13-15,17H,1H3/t7-,9+,10+,11-,13+/m0/s1. The molecule has 5 atom stereocenters. The second-order valence-electron chi connectivity index (χ2n) is 4.45. The van der Waals surface area contributed by atoms with Crippen molar-refractivity contribution in [3.63, 3.8) is 0 Å². The van der Waals surface area contributed by atoms with E-state index in [9.17, 15) is 20.1 Å². The lowest BCUT2D eigenvalue weighted by Gasteiger charge is -2.38. The van der Waals surface area contributed by atoms with Crippen LogP contribution in [0.2, 0.25) is 0 Å². The van der Waals surface area contributed by atoms with Gasteiger partial charge >= 0.3 is 5.97 Å². The van der Waals surface area contributed by atoms with Gasteiger partial charge in [0.2, 0.25) is 0 Å². The van der Waals surface area contributed by atoms with Crippen LogP contribution in [-0.2, 0) is 9.47 Å². The Morgan fingerprint density at radius 1 is 1.16 bits per heavy atom. The first-order valence-electron chi connectivity index (χ1n) is 5.96. The third kappa shape index (κ3) is 2.93. The molecule has 1 saturated heterocycles. The highest BCUT2D eigenvalue weighted by Crippen LogP contribution is 2.22. The molecule has 0 unspecified atom stereocenters. The van der Waals surface area contributed by atoms with Crippen LogP contribution in [0.3, 0.4) is 0 Å². The number of hydrogen-bond acceptors (Lipinski definition) is 6. The maximum atomic E-state index is 11.8. The van der Waals surface area contributed by atoms with Crippen molar-refractivity contribution < 1.29 is 29.6 Å². The molecule has 1 heterocycles. The van der Waals surface area contributed by atoms with Gasteiger partial charge in [0.15, 0.2) is 12.4 Å². The fourth-order valence-electron chi connectivity index (χ4n) is 1.91. The maximum Gasteiger partial charge on any atom is 0.338 e. The summed E-state index contributed by atoms with van der Waals surface area (Å²) in [5, 5.41) is 29.1. The van der Waals surface area contributed by atoms with Crippen LogP contribution in [0, 0.1) is 0 Å². The lowest BCUT2D eigenvalue weighted by molar-refractivity contribution is -0.276. The second kappa shape index (κ2) is 5.66. The summed E-state index contributed by atoms with van der Waals surface area (Å²) in [5.41, 5.74) is 0.287. The Morgan fingerprint density at radius 2 is 1.79 bits per heavy atom. The molecule has 19 heavy (non-hydrogen) atoms. The van der Waals surface area contributed by atoms with Crippen molar-refractivity contribution in [3.05, 3.63) is 35.9 Å². The van der Waals surface area contributed by atoms with E-state index in [4.69, 9.17) is 9.47 Å². The molecule has 0 radical (unpaired) electrons. The minimum atomic E-state index is -1.47. The Labute approximate surface area is 110 Å². The van der Waals surface area contributed by atoms with E-state index in [0.29, 0.717) is 0 Å². The molecule has 0 spiro atoms. The Balaban J connectivity index is 2.08. The molecule has 2 rings (SSSR count). The number of aliphatic hydroxyl groups excluding tert-OH is 3. The zero-order valence-electron chi connectivity index (χ0n) is 10.3. The Hall–Kier alpha value is -1.47. The van der Waals surface area contributed by atoms with Crippen LogP contribution in [-0.4, -0.2) is 52.0 Å². The summed E-state index contributed by atoms with van der Waals surface area (Å²) >= 11 is 0. The fraction of sp³-hybridized carbons (Fsp3) is 0.462. The predicted molar refractivity (Wildman–Crippen MR) is 64.2 cm³/mol. The van der Waals surface area contributed by atoms with Crippen molar-refractivity contribution in [2.24, 2.45) is 0 Å². The van der Waals surface area contributed by atoms with Crippen molar-refractivity contribution in [1.82, 2.24) is 0 Å². The fourth-order valence-corrected chi connectivity index (χ4v) is 1.91. The molecule has 104 valence electrons. The van der Waals surface area contributed by atoms with Gasteiger partial charge in [0.25, 0.3) is 0 Å². The van der Waals surface area contributed by atoms with Gasteiger partial charge < -0.3 is 24.8 Å². The van der Waals surface area contributed by atoms with Gasteiger partial charge in [-0.3, -0.25) is 0 Å². The molecule has 0 bridgehead atoms. The molecule has 1 fully saturated rings. The first kappa shape index (κ1) is 14.0. The zero-order valence-corrected chi connectivity index (χ0v) is 10.3. The number of benzene rings is 1. The van der Waals surface area contributed by atoms with Crippen molar-refractivity contribution in [2.75, 3.05) is 0 Å². The molecule has 6 heteroatoms. The number of rotatable bonds is 2. The van der Waals surface area contributed by atoms with Gasteiger partial charge in [-0.05, 0) is 19.1 Å². The number of carbonyl (C=O) groups is 1. The highest BCUT2D eigenvalue weighted by atomic mass is 16.7. The molecule has 6 nitrogen and oxygen atoms in total. The van der Waals surface area contributed by atoms with Crippen molar-refractivity contribution in [2.45, 2.75) is 37.6 Å². The van der Waals surface area contributed by atoms with E-state index >= 15 is 0 Å². The molecular weight excluding hydrogens is 252 g/mol. The predicted octanol–water partition coefficient (Wildman–Crippen LogP) is -0.329. The summed E-state index contributed by atoms with van der Waals surface area (Å²) < 4.78 is 9.98. The van der Waals surface area contributed by atoms with E-state index < -0.39 is 36.7 Å². The molecule has 1 aliphatic rings. The first-order chi connectivity index (χ1) is 9.00. The van der Waals surface area contributed by atoms with Crippen molar-refractivity contribution in [3.8, 4) is 0 Å². The lowest BCUT2D eigenvalue weighted by Crippen LogP contribution is -2.58. The molecule has 1 aromatic rings. The van der Waals surface area contributed by atoms with E-state index in [0.717, 1.165) is 0 Å². The average molecular weight is 268 g/mol. The van der Waals surface area contributed by atoms with Gasteiger partial charge in [0.05, 0.1) is 11.7 Å². The van der Waals surface area contributed by atoms with E-state index in [-0.39, 0.29) is 5.56 Å². The van der Waals surface area contributed by atoms with Gasteiger partial charge in [0.1, 0.15) is 12.2 Å². The van der Waals surface area contributed by atoms with Gasteiger partial charge in [-0.15, -0.1) is 0 Å². The van der Waals surface area contributed by atoms with E-state index in [1.54, 1.807) is 30.3 Å². The molecule has 0 aromatic heterocycles. The summed E-state index contributed by atoms with van der Waals surface area (Å²) in [6.07, 6.45) is -6.15. The summed E-state index contributed by atoms with van der Waals surface area (Å²) in [5.74, 6) is -0.700. The van der Waals surface area contributed by atoms with Crippen LogP contribution in [0.25, 0.3) is 0 Å². The van der Waals surface area contributed by atoms with Gasteiger partial charge in [-0.2, -0.15) is 0 Å². The quantitative estimate of drug-likeness (QED) is 0.636. The van der Waals surface area contributed by atoms with Gasteiger partial charge in [0, 0.05) is 0 Å². The molecule has 0 amide bonds. The van der Waals surface area contributed by atoms with Crippen molar-refractivity contribution >= 4 is 5.97 Å². The molecule has 0 saturated carbocycles. The Kier molecular flexibility index (Phi) is 4.16. The van der Waals surface area contributed by atoms with Crippen LogP contribution in [0.4, 0.5) is 0 Å². The summed E-state index contributed by atoms with van der Waals surface area (Å²) in [4.78, 5) is 11.8. The second-order valence-corrected chi connectivity index (χ2v) is 4.45. The first-order valence-corrected chi connectivity index (χ1v) is 5.96. The molecule has 3 N–H and O–H groups in total. The summed E-state index contributed by atoms with van der Waals surface area (Å²) in [6.45, 7) is 1.51. The van der Waals surface area contributed by atoms with E-state index in [2.05, 4.69) is 0 Å². The summed E-state index contributed by atoms with van der Waals surface area (Å²) in [6, 6.07) is 8.17. The molecule has 1 aliphatic heterocycles. The number of hydrogen-bond donors (Lipinski definition) is 3. The SMILES string of the molecule is C[C@@H]1O[C@@H](O)[C@@H](OC(=O)c2ccccc2)[C@H](O)[C@@H]1O. The largest absolute Gasteiger partial charge is 0.450 e. The van der Waals surface area contributed by atoms with Crippen LogP contribution in [0.1, 0.15) is 17.3 Å². The molecular formula is C13H16O6. The highest BCUT2D eigenvalue weighted by molar-refractivity contribution is 5.89. The molecule has 0 aliphatic carbocycles. The van der Waals surface area contributed by atoms with Gasteiger partial charge in [-0.1, -0.05) is 18.2 Å². The number of ether oxygens (including phenoxy) is 2. The number of aliphatic hydroxyl groups is 3. The van der Waals surface area contributed by atoms with Crippen LogP contribution in [0.15, 0.2) is 30.3 Å². The van der Waals surface area contributed by atoms with Crippen LogP contribution >= 0.6 is 0 Å². The number of esters is 1. The van der Waals surface area contributed by atoms with E-state index in [1.165, 1.54) is 6.92 Å². The third-order valence-corrected chi connectivity index (χ3v) is 3.06. The maximum absolute atomic E-state index is 11.8. The minimum absolute atomic E-state index is 0.287. The lowest BCUT2D eigenvalue weighted by atomic mass is 10.00. The normalized spacial score (nSPS) is 34.8. The van der Waals surface area contributed by atoms with E-state index in [1.807, 2.05) is 0 Å². The van der Waals surface area contributed by atoms with Crippen LogP contribution < -0.4 is 0 Å². The smallest absolute Gasteiger partial charge is 0.338 e. The minimum Gasteiger partial charge on any atom is -0.450 e. The monoisotopic (exact) mass is 268 g/mol. The summed E-state index contributed by atoms with van der Waals surface area (Å²) in [7, 11) is 0. The Morgan fingerprint density at radius 3 is 2.42 bits per heavy atom. The van der Waals surface area contributed by atoms with Gasteiger partial charge in [-0.25, -0.2) is 4.79 Å². The topological polar surface area (TPSA) is 96.2 Å². The number of carbonyl (C=O) groups excluding carboxylic acids is 1. The van der Waals surface area contributed by atoms with Crippen LogP contribution in [0.5, 0.6) is 0 Å². The van der Waals surface area contributed by atoms with Crippen molar-refractivity contribution in [1.29, 1.82) is 0 Å². The molecule has 1 aromatic carbocycles. The highest BCUT2D eigenvalue weighted by Gasteiger charge is 2.44. The zero-order chi connectivity index (χ0) is 14.0. The Bertz CT molecular complexity index is 434. The average Bonchev–Trinajstić information content (AvgIpc) is 2.42. The third-order valence-electron chi connectivity index (χ3n) is 3.06.